The Hall–Kier alpha value is -0.950. The highest BCUT2D eigenvalue weighted by molar-refractivity contribution is 7.91. The van der Waals surface area contributed by atoms with E-state index < -0.39 is 17.3 Å². The lowest BCUT2D eigenvalue weighted by Crippen LogP contribution is -2.06. The zero-order valence-corrected chi connectivity index (χ0v) is 11.0. The first-order valence-electron chi connectivity index (χ1n) is 5.85. The molecule has 0 amide bonds. The predicted octanol–water partition coefficient (Wildman–Crippen LogP) is 3.08. The summed E-state index contributed by atoms with van der Waals surface area (Å²) < 4.78 is 40.4. The summed E-state index contributed by atoms with van der Waals surface area (Å²) >= 11 is -1.50. The number of halogens is 2. The fourth-order valence-corrected chi connectivity index (χ4v) is 2.15. The van der Waals surface area contributed by atoms with E-state index in [1.54, 1.807) is 0 Å². The van der Waals surface area contributed by atoms with Gasteiger partial charge in [-0.3, -0.25) is 0 Å². The molecule has 0 aliphatic rings. The summed E-state index contributed by atoms with van der Waals surface area (Å²) in [6, 6.07) is 0. The van der Waals surface area contributed by atoms with Crippen molar-refractivity contribution in [1.29, 1.82) is 0 Å². The average molecular weight is 278 g/mol. The molecule has 0 aliphatic carbocycles. The van der Waals surface area contributed by atoms with Crippen LogP contribution in [0.4, 0.5) is 8.78 Å². The van der Waals surface area contributed by atoms with Gasteiger partial charge in [0.25, 0.3) is 6.08 Å². The topological polar surface area (TPSA) is 62.0 Å². The molecule has 0 spiro atoms. The largest absolute Gasteiger partial charge is 0.608 e. The van der Waals surface area contributed by atoms with Gasteiger partial charge in [-0.2, -0.15) is 8.78 Å². The van der Waals surface area contributed by atoms with Crippen LogP contribution in [0.1, 0.15) is 38.5 Å². The highest BCUT2D eigenvalue weighted by Crippen LogP contribution is 2.13. The first kappa shape index (κ1) is 15.1. The Bertz CT molecular complexity index is 381. The van der Waals surface area contributed by atoms with Crippen LogP contribution in [-0.2, 0) is 17.6 Å². The molecule has 0 aliphatic heterocycles. The molecule has 1 aromatic rings. The van der Waals surface area contributed by atoms with Gasteiger partial charge < -0.3 is 8.97 Å². The van der Waals surface area contributed by atoms with Gasteiger partial charge in [0.1, 0.15) is 5.75 Å². The second-order valence-electron chi connectivity index (χ2n) is 3.75. The standard InChI is InChI=1S/C11H16F2N2O2S/c1-2-3-4-7-10-14-15-11(17-10)18(16)8-5-6-9(12)13/h6H,2-5,7-8H2,1H3. The van der Waals surface area contributed by atoms with Crippen LogP contribution in [0, 0.1) is 0 Å². The minimum atomic E-state index is -1.77. The summed E-state index contributed by atoms with van der Waals surface area (Å²) in [7, 11) is 0. The fourth-order valence-electron chi connectivity index (χ4n) is 1.32. The average Bonchev–Trinajstić information content (AvgIpc) is 2.77. The monoisotopic (exact) mass is 278 g/mol. The molecule has 1 aromatic heterocycles. The summed E-state index contributed by atoms with van der Waals surface area (Å²) in [5, 5.41) is 7.47. The minimum absolute atomic E-state index is 0.0224. The summed E-state index contributed by atoms with van der Waals surface area (Å²) in [4.78, 5) is 0. The molecule has 18 heavy (non-hydrogen) atoms. The van der Waals surface area contributed by atoms with E-state index in [2.05, 4.69) is 17.1 Å². The maximum atomic E-state index is 11.8. The van der Waals surface area contributed by atoms with Gasteiger partial charge in [0.15, 0.2) is 0 Å². The molecular formula is C11H16F2N2O2S. The Morgan fingerprint density at radius 1 is 1.39 bits per heavy atom. The van der Waals surface area contributed by atoms with E-state index in [1.165, 1.54) is 0 Å². The zero-order valence-electron chi connectivity index (χ0n) is 10.2. The number of aromatic nitrogens is 2. The van der Waals surface area contributed by atoms with Crippen molar-refractivity contribution in [3.8, 4) is 0 Å². The van der Waals surface area contributed by atoms with Crippen LogP contribution >= 0.6 is 0 Å². The highest BCUT2D eigenvalue weighted by atomic mass is 32.2. The van der Waals surface area contributed by atoms with Gasteiger partial charge >= 0.3 is 5.22 Å². The van der Waals surface area contributed by atoms with E-state index in [9.17, 15) is 13.3 Å². The third-order valence-corrected chi connectivity index (χ3v) is 3.40. The van der Waals surface area contributed by atoms with Gasteiger partial charge in [0.2, 0.25) is 5.89 Å². The van der Waals surface area contributed by atoms with Crippen molar-refractivity contribution in [3.63, 3.8) is 0 Å². The second-order valence-corrected chi connectivity index (χ2v) is 5.20. The molecule has 0 aromatic carbocycles. The SMILES string of the molecule is CCCCCc1nnc([S+]([O-])CCC=C(F)F)o1. The number of rotatable bonds is 8. The van der Waals surface area contributed by atoms with Gasteiger partial charge in [-0.25, -0.2) is 0 Å². The number of hydrogen-bond donors (Lipinski definition) is 0. The lowest BCUT2D eigenvalue weighted by molar-refractivity contribution is 0.391. The quantitative estimate of drug-likeness (QED) is 0.541. The van der Waals surface area contributed by atoms with Gasteiger partial charge in [0.05, 0.1) is 0 Å². The molecule has 0 saturated heterocycles. The van der Waals surface area contributed by atoms with E-state index in [0.717, 1.165) is 25.3 Å². The molecule has 1 unspecified atom stereocenters. The molecule has 0 radical (unpaired) electrons. The Morgan fingerprint density at radius 2 is 2.17 bits per heavy atom. The van der Waals surface area contributed by atoms with E-state index in [0.29, 0.717) is 12.3 Å². The molecule has 0 bridgehead atoms. The maximum absolute atomic E-state index is 11.8. The Kier molecular flexibility index (Phi) is 6.89. The third kappa shape index (κ3) is 5.59. The van der Waals surface area contributed by atoms with Crippen LogP contribution in [-0.4, -0.2) is 20.5 Å². The third-order valence-electron chi connectivity index (χ3n) is 2.24. The van der Waals surface area contributed by atoms with Crippen molar-refractivity contribution >= 4 is 11.2 Å². The normalized spacial score (nSPS) is 12.4. The Balaban J connectivity index is 2.39. The van der Waals surface area contributed by atoms with Gasteiger partial charge in [0, 0.05) is 24.0 Å². The summed E-state index contributed by atoms with van der Waals surface area (Å²) in [6.45, 7) is 2.09. The summed E-state index contributed by atoms with van der Waals surface area (Å²) in [6.07, 6.45) is 2.77. The zero-order chi connectivity index (χ0) is 13.4. The summed E-state index contributed by atoms with van der Waals surface area (Å²) in [5.74, 6) is 0.521. The highest BCUT2D eigenvalue weighted by Gasteiger charge is 2.19. The number of unbranched alkanes of at least 4 members (excludes halogenated alkanes) is 2. The fraction of sp³-hybridized carbons (Fsp3) is 0.636. The van der Waals surface area contributed by atoms with Crippen molar-refractivity contribution in [2.75, 3.05) is 5.75 Å². The van der Waals surface area contributed by atoms with Crippen LogP contribution in [0.25, 0.3) is 0 Å². The van der Waals surface area contributed by atoms with Crippen molar-refractivity contribution in [3.05, 3.63) is 18.0 Å². The van der Waals surface area contributed by atoms with E-state index in [-0.39, 0.29) is 17.4 Å². The van der Waals surface area contributed by atoms with Gasteiger partial charge in [-0.15, -0.1) is 5.10 Å². The summed E-state index contributed by atoms with van der Waals surface area (Å²) in [5.41, 5.74) is 0. The molecule has 4 nitrogen and oxygen atoms in total. The molecule has 0 saturated carbocycles. The predicted molar refractivity (Wildman–Crippen MR) is 63.7 cm³/mol. The Morgan fingerprint density at radius 3 is 2.83 bits per heavy atom. The number of nitrogens with zero attached hydrogens (tertiary/aromatic N) is 2. The van der Waals surface area contributed by atoms with Crippen LogP contribution < -0.4 is 0 Å². The number of hydrogen-bond acceptors (Lipinski definition) is 4. The number of allylic oxidation sites excluding steroid dienone is 1. The molecule has 0 fully saturated rings. The Labute approximate surface area is 108 Å². The molecule has 7 heteroatoms. The van der Waals surface area contributed by atoms with Crippen LogP contribution in [0.2, 0.25) is 0 Å². The molecule has 1 atom stereocenters. The first-order chi connectivity index (χ1) is 8.63. The minimum Gasteiger partial charge on any atom is -0.608 e. The molecule has 102 valence electrons. The lowest BCUT2D eigenvalue weighted by atomic mass is 10.2. The molecule has 1 heterocycles. The van der Waals surface area contributed by atoms with Crippen molar-refractivity contribution in [1.82, 2.24) is 10.2 Å². The van der Waals surface area contributed by atoms with Crippen LogP contribution in [0.3, 0.4) is 0 Å². The number of aryl methyl sites for hydroxylation is 1. The van der Waals surface area contributed by atoms with Gasteiger partial charge in [-0.1, -0.05) is 24.9 Å². The van der Waals surface area contributed by atoms with Crippen LogP contribution in [0.5, 0.6) is 0 Å². The maximum Gasteiger partial charge on any atom is 0.435 e. The van der Waals surface area contributed by atoms with Crippen LogP contribution in [0.15, 0.2) is 21.8 Å². The van der Waals surface area contributed by atoms with Gasteiger partial charge in [-0.05, 0) is 12.5 Å². The second kappa shape index (κ2) is 8.20. The van der Waals surface area contributed by atoms with Crippen molar-refractivity contribution in [2.45, 2.75) is 44.3 Å². The van der Waals surface area contributed by atoms with E-state index >= 15 is 0 Å². The molecule has 0 N–H and O–H groups in total. The first-order valence-corrected chi connectivity index (χ1v) is 7.17. The molecule has 1 rings (SSSR count). The smallest absolute Gasteiger partial charge is 0.435 e. The van der Waals surface area contributed by atoms with E-state index in [4.69, 9.17) is 4.42 Å². The lowest BCUT2D eigenvalue weighted by Gasteiger charge is -2.02. The van der Waals surface area contributed by atoms with Crippen molar-refractivity contribution < 1.29 is 17.8 Å². The molecular weight excluding hydrogens is 262 g/mol. The van der Waals surface area contributed by atoms with E-state index in [1.807, 2.05) is 0 Å². The van der Waals surface area contributed by atoms with Crippen molar-refractivity contribution in [2.24, 2.45) is 0 Å².